The van der Waals surface area contributed by atoms with E-state index < -0.39 is 0 Å². The van der Waals surface area contributed by atoms with Crippen LogP contribution in [-0.2, 0) is 0 Å². The van der Waals surface area contributed by atoms with Gasteiger partial charge in [-0.3, -0.25) is 5.10 Å². The number of nitrogen functional groups attached to an aromatic ring is 1. The molecule has 82 valence electrons. The van der Waals surface area contributed by atoms with Gasteiger partial charge in [-0.1, -0.05) is 0 Å². The van der Waals surface area contributed by atoms with Crippen LogP contribution in [-0.4, -0.2) is 24.8 Å². The Kier molecular flexibility index (Phi) is 1.82. The predicted molar refractivity (Wildman–Crippen MR) is 59.7 cm³/mol. The van der Waals surface area contributed by atoms with Crippen molar-refractivity contribution in [2.24, 2.45) is 0 Å². The standard InChI is InChI=1S/C10H7N7/c11-3-8-7(6-4-13-14-5-6)1-2-9-15-10(12)16-17(8)9/h1-2,4-5H,(H2,12,16)(H,13,14). The number of nitriles is 1. The second kappa shape index (κ2) is 3.31. The van der Waals surface area contributed by atoms with Gasteiger partial charge in [-0.25, -0.2) is 4.52 Å². The van der Waals surface area contributed by atoms with E-state index in [4.69, 9.17) is 5.73 Å². The van der Waals surface area contributed by atoms with Gasteiger partial charge in [0.1, 0.15) is 6.07 Å². The van der Waals surface area contributed by atoms with Crippen molar-refractivity contribution in [3.8, 4) is 17.2 Å². The van der Waals surface area contributed by atoms with Gasteiger partial charge >= 0.3 is 0 Å². The van der Waals surface area contributed by atoms with Gasteiger partial charge in [0, 0.05) is 17.3 Å². The highest BCUT2D eigenvalue weighted by Crippen LogP contribution is 2.23. The van der Waals surface area contributed by atoms with Crippen LogP contribution in [0.1, 0.15) is 5.69 Å². The normalized spacial score (nSPS) is 10.5. The molecule has 0 atom stereocenters. The predicted octanol–water partition coefficient (Wildman–Crippen LogP) is 0.573. The number of nitrogens with two attached hydrogens (primary N) is 1. The lowest BCUT2D eigenvalue weighted by atomic mass is 10.1. The molecule has 0 aromatic carbocycles. The van der Waals surface area contributed by atoms with Crippen LogP contribution in [0.5, 0.6) is 0 Å². The minimum Gasteiger partial charge on any atom is -0.366 e. The highest BCUT2D eigenvalue weighted by atomic mass is 15.3. The maximum Gasteiger partial charge on any atom is 0.240 e. The van der Waals surface area contributed by atoms with E-state index in [9.17, 15) is 5.26 Å². The number of aromatic nitrogens is 5. The summed E-state index contributed by atoms with van der Waals surface area (Å²) in [5, 5.41) is 19.8. The Hall–Kier alpha value is -2.88. The number of anilines is 1. The number of hydrogen-bond acceptors (Lipinski definition) is 5. The third kappa shape index (κ3) is 1.32. The van der Waals surface area contributed by atoms with Crippen LogP contribution in [0.3, 0.4) is 0 Å². The summed E-state index contributed by atoms with van der Waals surface area (Å²) in [5.41, 5.74) is 7.99. The maximum absolute atomic E-state index is 9.21. The van der Waals surface area contributed by atoms with Crippen molar-refractivity contribution >= 4 is 11.6 Å². The molecule has 0 amide bonds. The molecule has 7 heteroatoms. The molecule has 3 aromatic heterocycles. The van der Waals surface area contributed by atoms with Crippen molar-refractivity contribution in [1.29, 1.82) is 5.26 Å². The third-order valence-corrected chi connectivity index (χ3v) is 2.43. The molecule has 0 saturated heterocycles. The van der Waals surface area contributed by atoms with Gasteiger partial charge in [0.25, 0.3) is 0 Å². The van der Waals surface area contributed by atoms with Crippen LogP contribution >= 0.6 is 0 Å². The Labute approximate surface area is 95.5 Å². The fraction of sp³-hybridized carbons (Fsp3) is 0. The fourth-order valence-corrected chi connectivity index (χ4v) is 1.70. The summed E-state index contributed by atoms with van der Waals surface area (Å²) in [6, 6.07) is 5.66. The molecule has 0 bridgehead atoms. The Morgan fingerprint density at radius 1 is 1.41 bits per heavy atom. The average molecular weight is 225 g/mol. The number of nitrogens with one attached hydrogen (secondary N) is 1. The summed E-state index contributed by atoms with van der Waals surface area (Å²) in [6.07, 6.45) is 3.35. The number of aromatic amines is 1. The van der Waals surface area contributed by atoms with E-state index >= 15 is 0 Å². The molecule has 3 rings (SSSR count). The molecule has 0 radical (unpaired) electrons. The van der Waals surface area contributed by atoms with Crippen LogP contribution in [0.2, 0.25) is 0 Å². The van der Waals surface area contributed by atoms with Crippen molar-refractivity contribution in [1.82, 2.24) is 24.8 Å². The first-order valence-electron chi connectivity index (χ1n) is 4.84. The molecule has 17 heavy (non-hydrogen) atoms. The molecule has 7 nitrogen and oxygen atoms in total. The zero-order valence-electron chi connectivity index (χ0n) is 8.62. The van der Waals surface area contributed by atoms with E-state index in [-0.39, 0.29) is 5.95 Å². The number of H-pyrrole nitrogens is 1. The Morgan fingerprint density at radius 3 is 3.00 bits per heavy atom. The van der Waals surface area contributed by atoms with E-state index in [1.165, 1.54) is 4.52 Å². The van der Waals surface area contributed by atoms with Crippen LogP contribution in [0.25, 0.3) is 16.8 Å². The first-order valence-corrected chi connectivity index (χ1v) is 4.84. The average Bonchev–Trinajstić information content (AvgIpc) is 2.94. The van der Waals surface area contributed by atoms with Gasteiger partial charge in [0.2, 0.25) is 5.95 Å². The molecule has 0 saturated carbocycles. The molecule has 0 aliphatic rings. The van der Waals surface area contributed by atoms with Crippen LogP contribution < -0.4 is 5.73 Å². The van der Waals surface area contributed by atoms with Gasteiger partial charge in [0.05, 0.1) is 6.20 Å². The van der Waals surface area contributed by atoms with E-state index in [1.807, 2.05) is 0 Å². The monoisotopic (exact) mass is 225 g/mol. The zero-order chi connectivity index (χ0) is 11.8. The quantitative estimate of drug-likeness (QED) is 0.629. The van der Waals surface area contributed by atoms with Crippen LogP contribution in [0.4, 0.5) is 5.95 Å². The largest absolute Gasteiger partial charge is 0.366 e. The minimum atomic E-state index is 0.144. The van der Waals surface area contributed by atoms with Gasteiger partial charge in [0.15, 0.2) is 11.3 Å². The first kappa shape index (κ1) is 9.35. The van der Waals surface area contributed by atoms with Crippen LogP contribution in [0, 0.1) is 11.3 Å². The SMILES string of the molecule is N#Cc1c(-c2cn[nH]c2)ccc2nc(N)nn12. The van der Waals surface area contributed by atoms with Gasteiger partial charge in [-0.2, -0.15) is 15.3 Å². The molecule has 3 N–H and O–H groups in total. The number of nitrogens with zero attached hydrogens (tertiary/aromatic N) is 5. The highest BCUT2D eigenvalue weighted by molar-refractivity contribution is 5.70. The van der Waals surface area contributed by atoms with Gasteiger partial charge in [-0.05, 0) is 12.1 Å². The van der Waals surface area contributed by atoms with Crippen molar-refractivity contribution in [2.75, 3.05) is 5.73 Å². The molecule has 3 heterocycles. The van der Waals surface area contributed by atoms with Crippen molar-refractivity contribution in [3.63, 3.8) is 0 Å². The summed E-state index contributed by atoms with van der Waals surface area (Å²) in [5.74, 6) is 0.144. The summed E-state index contributed by atoms with van der Waals surface area (Å²) < 4.78 is 1.43. The zero-order valence-corrected chi connectivity index (χ0v) is 8.62. The molecular weight excluding hydrogens is 218 g/mol. The number of rotatable bonds is 1. The second-order valence-corrected chi connectivity index (χ2v) is 3.43. The minimum absolute atomic E-state index is 0.144. The first-order chi connectivity index (χ1) is 8.29. The molecule has 3 aromatic rings. The van der Waals surface area contributed by atoms with Crippen molar-refractivity contribution < 1.29 is 0 Å². The summed E-state index contributed by atoms with van der Waals surface area (Å²) in [6.45, 7) is 0. The Balaban J connectivity index is 2.37. The molecule has 0 spiro atoms. The lowest BCUT2D eigenvalue weighted by Crippen LogP contribution is -1.97. The second-order valence-electron chi connectivity index (χ2n) is 3.43. The molecule has 0 fully saturated rings. The third-order valence-electron chi connectivity index (χ3n) is 2.43. The summed E-state index contributed by atoms with van der Waals surface area (Å²) >= 11 is 0. The number of hydrogen-bond donors (Lipinski definition) is 2. The van der Waals surface area contributed by atoms with E-state index in [0.29, 0.717) is 11.3 Å². The van der Waals surface area contributed by atoms with Gasteiger partial charge in [-0.15, -0.1) is 5.10 Å². The lowest BCUT2D eigenvalue weighted by Gasteiger charge is -2.01. The fourth-order valence-electron chi connectivity index (χ4n) is 1.70. The smallest absolute Gasteiger partial charge is 0.240 e. The highest BCUT2D eigenvalue weighted by Gasteiger charge is 2.12. The van der Waals surface area contributed by atoms with E-state index in [1.54, 1.807) is 24.5 Å². The maximum atomic E-state index is 9.21. The number of fused-ring (bicyclic) bond motifs is 1. The summed E-state index contributed by atoms with van der Waals surface area (Å²) in [4.78, 5) is 4.00. The topological polar surface area (TPSA) is 109 Å². The molecule has 0 aliphatic heterocycles. The van der Waals surface area contributed by atoms with Crippen molar-refractivity contribution in [2.45, 2.75) is 0 Å². The van der Waals surface area contributed by atoms with Crippen LogP contribution in [0.15, 0.2) is 24.5 Å². The van der Waals surface area contributed by atoms with Crippen molar-refractivity contribution in [3.05, 3.63) is 30.2 Å². The molecule has 0 unspecified atom stereocenters. The van der Waals surface area contributed by atoms with E-state index in [0.717, 1.165) is 11.1 Å². The van der Waals surface area contributed by atoms with E-state index in [2.05, 4.69) is 26.3 Å². The number of pyridine rings is 1. The lowest BCUT2D eigenvalue weighted by molar-refractivity contribution is 0.949. The Bertz CT molecular complexity index is 717. The molecule has 0 aliphatic carbocycles. The Morgan fingerprint density at radius 2 is 2.29 bits per heavy atom. The van der Waals surface area contributed by atoms with Gasteiger partial charge < -0.3 is 5.73 Å². The summed E-state index contributed by atoms with van der Waals surface area (Å²) in [7, 11) is 0. The molecular formula is C10H7N7.